The van der Waals surface area contributed by atoms with Crippen LogP contribution in [0.25, 0.3) is 22.5 Å². The Morgan fingerprint density at radius 1 is 0.974 bits per heavy atom. The molecule has 0 aliphatic carbocycles. The second kappa shape index (κ2) is 12.5. The summed E-state index contributed by atoms with van der Waals surface area (Å²) in [5, 5.41) is 0. The molecule has 0 saturated carbocycles. The van der Waals surface area contributed by atoms with Gasteiger partial charge in [0.05, 0.1) is 39.1 Å². The maximum atomic E-state index is 13.3. The molecule has 0 unspecified atom stereocenters. The van der Waals surface area contributed by atoms with Crippen LogP contribution in [0, 0.1) is 5.82 Å². The fraction of sp³-hybridized carbons (Fsp3) is 0.379. The van der Waals surface area contributed by atoms with Crippen LogP contribution in [0.2, 0.25) is 0 Å². The average Bonchev–Trinajstić information content (AvgIpc) is 2.87. The summed E-state index contributed by atoms with van der Waals surface area (Å²) in [7, 11) is 1.57. The Morgan fingerprint density at radius 3 is 2.16 bits per heavy atom. The van der Waals surface area contributed by atoms with Gasteiger partial charge in [-0.25, -0.2) is 19.2 Å². The highest BCUT2D eigenvalue weighted by molar-refractivity contribution is 5.81. The molecular formula is C29H34FN3O5. The molecule has 202 valence electrons. The number of rotatable bonds is 9. The molecule has 0 aliphatic heterocycles. The highest BCUT2D eigenvalue weighted by Gasteiger charge is 2.25. The standard InChI is InChI=1S/C29H34FN3O5/c1-7-33(28(35)38-29(3,4)5)18-23-21(15-25(34)37-8-2)13-14-24(36-6)26(23)19-9-11-20(12-10-19)27-31-16-22(30)17-32-27/h9-14,16-17H,7-8,15,18H2,1-6H3. The molecule has 3 rings (SSSR count). The number of amides is 1. The first-order valence-electron chi connectivity index (χ1n) is 12.5. The van der Waals surface area contributed by atoms with Crippen molar-refractivity contribution in [3.63, 3.8) is 0 Å². The zero-order valence-corrected chi connectivity index (χ0v) is 22.7. The second-order valence-electron chi connectivity index (χ2n) is 9.56. The molecule has 1 heterocycles. The Balaban J connectivity index is 2.11. The monoisotopic (exact) mass is 523 g/mol. The molecule has 0 bridgehead atoms. The normalized spacial score (nSPS) is 11.1. The summed E-state index contributed by atoms with van der Waals surface area (Å²) in [6.07, 6.45) is 1.81. The first kappa shape index (κ1) is 28.6. The van der Waals surface area contributed by atoms with E-state index in [0.717, 1.165) is 29.1 Å². The van der Waals surface area contributed by atoms with Gasteiger partial charge in [-0.15, -0.1) is 0 Å². The van der Waals surface area contributed by atoms with Gasteiger partial charge in [0.1, 0.15) is 11.4 Å². The summed E-state index contributed by atoms with van der Waals surface area (Å²) >= 11 is 0. The zero-order valence-electron chi connectivity index (χ0n) is 22.7. The van der Waals surface area contributed by atoms with E-state index in [4.69, 9.17) is 14.2 Å². The summed E-state index contributed by atoms with van der Waals surface area (Å²) in [4.78, 5) is 35.1. The number of nitrogens with zero attached hydrogens (tertiary/aromatic N) is 3. The van der Waals surface area contributed by atoms with Crippen molar-refractivity contribution in [1.82, 2.24) is 14.9 Å². The molecule has 1 amide bonds. The summed E-state index contributed by atoms with van der Waals surface area (Å²) < 4.78 is 29.8. The van der Waals surface area contributed by atoms with Crippen molar-refractivity contribution in [2.45, 2.75) is 53.2 Å². The molecule has 0 spiro atoms. The minimum absolute atomic E-state index is 0.0353. The number of carbonyl (C=O) groups is 2. The minimum Gasteiger partial charge on any atom is -0.496 e. The van der Waals surface area contributed by atoms with Gasteiger partial charge in [-0.2, -0.15) is 0 Å². The number of hydrogen-bond donors (Lipinski definition) is 0. The van der Waals surface area contributed by atoms with Gasteiger partial charge < -0.3 is 19.1 Å². The van der Waals surface area contributed by atoms with Gasteiger partial charge in [-0.05, 0) is 57.4 Å². The molecule has 0 fully saturated rings. The molecule has 0 radical (unpaired) electrons. The summed E-state index contributed by atoms with van der Waals surface area (Å²) in [6.45, 7) is 9.92. The number of benzene rings is 2. The van der Waals surface area contributed by atoms with Crippen LogP contribution in [0.3, 0.4) is 0 Å². The van der Waals surface area contributed by atoms with E-state index in [1.165, 1.54) is 0 Å². The first-order chi connectivity index (χ1) is 18.1. The molecule has 0 aliphatic rings. The van der Waals surface area contributed by atoms with Crippen molar-refractivity contribution in [2.24, 2.45) is 0 Å². The van der Waals surface area contributed by atoms with E-state index in [9.17, 15) is 14.0 Å². The molecule has 0 saturated heterocycles. The number of halogens is 1. The second-order valence-corrected chi connectivity index (χ2v) is 9.56. The van der Waals surface area contributed by atoms with Crippen LogP contribution < -0.4 is 4.74 Å². The smallest absolute Gasteiger partial charge is 0.410 e. The van der Waals surface area contributed by atoms with Gasteiger partial charge in [0.15, 0.2) is 11.6 Å². The lowest BCUT2D eigenvalue weighted by Gasteiger charge is -2.28. The molecule has 3 aromatic rings. The molecular weight excluding hydrogens is 489 g/mol. The topological polar surface area (TPSA) is 90.9 Å². The summed E-state index contributed by atoms with van der Waals surface area (Å²) in [6, 6.07) is 11.0. The summed E-state index contributed by atoms with van der Waals surface area (Å²) in [5.41, 5.74) is 3.05. The Labute approximate surface area is 222 Å². The maximum Gasteiger partial charge on any atom is 0.410 e. The number of methoxy groups -OCH3 is 1. The van der Waals surface area contributed by atoms with E-state index in [1.54, 1.807) is 25.0 Å². The maximum absolute atomic E-state index is 13.3. The molecule has 0 atom stereocenters. The van der Waals surface area contributed by atoms with Crippen molar-refractivity contribution in [3.05, 3.63) is 65.7 Å². The van der Waals surface area contributed by atoms with Gasteiger partial charge in [0.25, 0.3) is 0 Å². The quantitative estimate of drug-likeness (QED) is 0.326. The van der Waals surface area contributed by atoms with Crippen LogP contribution in [-0.4, -0.2) is 52.8 Å². The van der Waals surface area contributed by atoms with E-state index < -0.39 is 17.5 Å². The average molecular weight is 524 g/mol. The van der Waals surface area contributed by atoms with Crippen LogP contribution in [0.15, 0.2) is 48.8 Å². The van der Waals surface area contributed by atoms with Crippen LogP contribution >= 0.6 is 0 Å². The molecule has 0 N–H and O–H groups in total. The van der Waals surface area contributed by atoms with E-state index in [1.807, 2.05) is 58.0 Å². The molecule has 2 aromatic carbocycles. The number of carbonyl (C=O) groups excluding carboxylic acids is 2. The van der Waals surface area contributed by atoms with Crippen molar-refractivity contribution < 1.29 is 28.2 Å². The lowest BCUT2D eigenvalue weighted by Crippen LogP contribution is -2.36. The Bertz CT molecular complexity index is 1250. The fourth-order valence-electron chi connectivity index (χ4n) is 3.94. The van der Waals surface area contributed by atoms with Crippen molar-refractivity contribution >= 4 is 12.1 Å². The van der Waals surface area contributed by atoms with Gasteiger partial charge in [-0.3, -0.25) is 4.79 Å². The molecule has 9 heteroatoms. The summed E-state index contributed by atoms with van der Waals surface area (Å²) in [5.74, 6) is 0.0968. The highest BCUT2D eigenvalue weighted by atomic mass is 19.1. The number of hydrogen-bond acceptors (Lipinski definition) is 7. The predicted octanol–water partition coefficient (Wildman–Crippen LogP) is 5.82. The van der Waals surface area contributed by atoms with Gasteiger partial charge in [-0.1, -0.05) is 30.3 Å². The molecule has 38 heavy (non-hydrogen) atoms. The van der Waals surface area contributed by atoms with Gasteiger partial charge in [0.2, 0.25) is 0 Å². The van der Waals surface area contributed by atoms with Crippen LogP contribution in [-0.2, 0) is 27.2 Å². The van der Waals surface area contributed by atoms with Crippen molar-refractivity contribution in [2.75, 3.05) is 20.3 Å². The van der Waals surface area contributed by atoms with E-state index in [0.29, 0.717) is 29.2 Å². The van der Waals surface area contributed by atoms with Crippen LogP contribution in [0.4, 0.5) is 9.18 Å². The Hall–Kier alpha value is -4.01. The molecule has 1 aromatic heterocycles. The zero-order chi connectivity index (χ0) is 27.9. The predicted molar refractivity (Wildman–Crippen MR) is 142 cm³/mol. The third kappa shape index (κ3) is 7.27. The number of ether oxygens (including phenoxy) is 3. The Kier molecular flexibility index (Phi) is 9.39. The van der Waals surface area contributed by atoms with Crippen LogP contribution in [0.1, 0.15) is 45.7 Å². The fourth-order valence-corrected chi connectivity index (χ4v) is 3.94. The van der Waals surface area contributed by atoms with E-state index in [-0.39, 0.29) is 25.5 Å². The van der Waals surface area contributed by atoms with Gasteiger partial charge in [0, 0.05) is 17.7 Å². The lowest BCUT2D eigenvalue weighted by atomic mass is 9.92. The third-order valence-corrected chi connectivity index (χ3v) is 5.67. The number of aromatic nitrogens is 2. The Morgan fingerprint density at radius 2 is 1.61 bits per heavy atom. The van der Waals surface area contributed by atoms with Crippen molar-refractivity contribution in [1.29, 1.82) is 0 Å². The van der Waals surface area contributed by atoms with E-state index >= 15 is 0 Å². The highest BCUT2D eigenvalue weighted by Crippen LogP contribution is 2.37. The number of esters is 1. The largest absolute Gasteiger partial charge is 0.496 e. The van der Waals surface area contributed by atoms with Crippen molar-refractivity contribution in [3.8, 4) is 28.3 Å². The van der Waals surface area contributed by atoms with Gasteiger partial charge >= 0.3 is 12.1 Å². The minimum atomic E-state index is -0.659. The van der Waals surface area contributed by atoms with E-state index in [2.05, 4.69) is 9.97 Å². The first-order valence-corrected chi connectivity index (χ1v) is 12.5. The SMILES string of the molecule is CCOC(=O)Cc1ccc(OC)c(-c2ccc(-c3ncc(F)cn3)cc2)c1CN(CC)C(=O)OC(C)(C)C. The van der Waals surface area contributed by atoms with Crippen LogP contribution in [0.5, 0.6) is 5.75 Å². The molecule has 8 nitrogen and oxygen atoms in total. The third-order valence-electron chi connectivity index (χ3n) is 5.67. The lowest BCUT2D eigenvalue weighted by molar-refractivity contribution is -0.142.